The summed E-state index contributed by atoms with van der Waals surface area (Å²) in [5.41, 5.74) is 8.26. The van der Waals surface area contributed by atoms with E-state index in [4.69, 9.17) is 5.73 Å². The van der Waals surface area contributed by atoms with E-state index in [0.717, 1.165) is 22.3 Å². The third kappa shape index (κ3) is 1.55. The van der Waals surface area contributed by atoms with Gasteiger partial charge in [-0.3, -0.25) is 4.79 Å². The van der Waals surface area contributed by atoms with Crippen molar-refractivity contribution in [2.24, 2.45) is 5.41 Å². The number of thiophene rings is 1. The number of anilines is 1. The monoisotopic (exact) mass is 246 g/mol. The van der Waals surface area contributed by atoms with Crippen LogP contribution in [0.25, 0.3) is 10.2 Å². The number of nitrogen functional groups attached to an aromatic ring is 1. The van der Waals surface area contributed by atoms with Gasteiger partial charge in [-0.15, -0.1) is 11.3 Å². The lowest BCUT2D eigenvalue weighted by molar-refractivity contribution is 0.0912. The van der Waals surface area contributed by atoms with E-state index >= 15 is 0 Å². The number of pyridine rings is 1. The summed E-state index contributed by atoms with van der Waals surface area (Å²) in [7, 11) is 0. The highest BCUT2D eigenvalue weighted by molar-refractivity contribution is 7.16. The lowest BCUT2D eigenvalue weighted by Crippen LogP contribution is -2.28. The van der Waals surface area contributed by atoms with Crippen molar-refractivity contribution in [2.75, 3.05) is 5.73 Å². The predicted molar refractivity (Wildman–Crippen MR) is 70.5 cm³/mol. The predicted octanol–water partition coefficient (Wildman–Crippen LogP) is 3.03. The molecule has 17 heavy (non-hydrogen) atoms. The minimum atomic E-state index is -0.00550. The SMILES string of the molecule is CC1(C)CC(=O)c2c(nc3sccc3c2N)C1. The summed E-state index contributed by atoms with van der Waals surface area (Å²) >= 11 is 1.57. The van der Waals surface area contributed by atoms with Crippen LogP contribution in [-0.4, -0.2) is 10.8 Å². The molecule has 88 valence electrons. The van der Waals surface area contributed by atoms with Gasteiger partial charge in [0.2, 0.25) is 0 Å². The molecule has 0 fully saturated rings. The van der Waals surface area contributed by atoms with Gasteiger partial charge >= 0.3 is 0 Å². The molecule has 1 aliphatic carbocycles. The van der Waals surface area contributed by atoms with Crippen LogP contribution in [0.2, 0.25) is 0 Å². The van der Waals surface area contributed by atoms with Crippen molar-refractivity contribution in [1.82, 2.24) is 4.98 Å². The first-order valence-corrected chi connectivity index (χ1v) is 6.55. The highest BCUT2D eigenvalue weighted by Gasteiger charge is 2.34. The molecular formula is C13H14N2OS. The van der Waals surface area contributed by atoms with Crippen molar-refractivity contribution in [2.45, 2.75) is 26.7 Å². The molecule has 0 bridgehead atoms. The van der Waals surface area contributed by atoms with Crippen LogP contribution in [0.15, 0.2) is 11.4 Å². The molecule has 0 aliphatic heterocycles. The van der Waals surface area contributed by atoms with Gasteiger partial charge in [-0.25, -0.2) is 4.98 Å². The number of aromatic nitrogens is 1. The first-order valence-electron chi connectivity index (χ1n) is 5.67. The van der Waals surface area contributed by atoms with Gasteiger partial charge in [-0.05, 0) is 23.3 Å². The molecule has 2 N–H and O–H groups in total. The first-order chi connectivity index (χ1) is 7.98. The van der Waals surface area contributed by atoms with Crippen LogP contribution >= 0.6 is 11.3 Å². The molecule has 0 atom stereocenters. The summed E-state index contributed by atoms with van der Waals surface area (Å²) in [5.74, 6) is 0.134. The van der Waals surface area contributed by atoms with Crippen LogP contribution in [-0.2, 0) is 6.42 Å². The zero-order valence-electron chi connectivity index (χ0n) is 9.91. The quantitative estimate of drug-likeness (QED) is 0.777. The molecule has 4 heteroatoms. The van der Waals surface area contributed by atoms with E-state index in [1.165, 1.54) is 0 Å². The van der Waals surface area contributed by atoms with Gasteiger partial charge in [0.05, 0.1) is 16.9 Å². The summed E-state index contributed by atoms with van der Waals surface area (Å²) in [6, 6.07) is 1.94. The van der Waals surface area contributed by atoms with E-state index in [0.29, 0.717) is 17.7 Å². The van der Waals surface area contributed by atoms with Crippen molar-refractivity contribution >= 4 is 33.0 Å². The van der Waals surface area contributed by atoms with Gasteiger partial charge < -0.3 is 5.73 Å². The molecule has 0 radical (unpaired) electrons. The number of Topliss-reactive ketones (excluding diaryl/α,β-unsaturated/α-hetero) is 1. The van der Waals surface area contributed by atoms with Gasteiger partial charge in [0, 0.05) is 11.8 Å². The maximum atomic E-state index is 12.2. The normalized spacial score (nSPS) is 18.4. The van der Waals surface area contributed by atoms with Crippen LogP contribution in [0.1, 0.15) is 36.3 Å². The van der Waals surface area contributed by atoms with Crippen LogP contribution in [0.5, 0.6) is 0 Å². The fraction of sp³-hybridized carbons (Fsp3) is 0.385. The summed E-state index contributed by atoms with van der Waals surface area (Å²) in [5, 5.41) is 2.89. The molecule has 0 amide bonds. The third-order valence-corrected chi connectivity index (χ3v) is 4.10. The molecule has 0 saturated heterocycles. The number of hydrogen-bond acceptors (Lipinski definition) is 4. The molecule has 0 unspecified atom stereocenters. The Bertz CT molecular complexity index is 628. The van der Waals surface area contributed by atoms with Crippen molar-refractivity contribution in [3.05, 3.63) is 22.7 Å². The Kier molecular flexibility index (Phi) is 2.08. The highest BCUT2D eigenvalue weighted by atomic mass is 32.1. The topological polar surface area (TPSA) is 56.0 Å². The zero-order chi connectivity index (χ0) is 12.2. The van der Waals surface area contributed by atoms with Gasteiger partial charge in [0.25, 0.3) is 0 Å². The number of hydrogen-bond donors (Lipinski definition) is 1. The maximum Gasteiger partial charge on any atom is 0.167 e. The number of nitrogens with zero attached hydrogens (tertiary/aromatic N) is 1. The fourth-order valence-corrected chi connectivity index (χ4v) is 3.34. The lowest BCUT2D eigenvalue weighted by Gasteiger charge is -2.30. The van der Waals surface area contributed by atoms with Gasteiger partial charge in [-0.2, -0.15) is 0 Å². The Morgan fingerprint density at radius 3 is 2.94 bits per heavy atom. The zero-order valence-corrected chi connectivity index (χ0v) is 10.7. The van der Waals surface area contributed by atoms with E-state index in [2.05, 4.69) is 18.8 Å². The average Bonchev–Trinajstić information content (AvgIpc) is 2.62. The van der Waals surface area contributed by atoms with E-state index in [1.807, 2.05) is 11.4 Å². The molecule has 2 aromatic rings. The summed E-state index contributed by atoms with van der Waals surface area (Å²) in [4.78, 5) is 17.7. The second kappa shape index (κ2) is 3.29. The molecule has 3 rings (SSSR count). The van der Waals surface area contributed by atoms with E-state index in [9.17, 15) is 4.79 Å². The maximum absolute atomic E-state index is 12.2. The lowest BCUT2D eigenvalue weighted by atomic mass is 9.75. The summed E-state index contributed by atoms with van der Waals surface area (Å²) in [6.07, 6.45) is 1.38. The van der Waals surface area contributed by atoms with Crippen LogP contribution in [0.4, 0.5) is 5.69 Å². The number of carbonyl (C=O) groups is 1. The van der Waals surface area contributed by atoms with Gasteiger partial charge in [0.15, 0.2) is 5.78 Å². The molecule has 3 nitrogen and oxygen atoms in total. The smallest absolute Gasteiger partial charge is 0.167 e. The minimum Gasteiger partial charge on any atom is -0.398 e. The highest BCUT2D eigenvalue weighted by Crippen LogP contribution is 2.39. The van der Waals surface area contributed by atoms with Gasteiger partial charge in [0.1, 0.15) is 4.83 Å². The Labute approximate surface area is 104 Å². The number of fused-ring (bicyclic) bond motifs is 2. The van der Waals surface area contributed by atoms with Crippen molar-refractivity contribution in [3.8, 4) is 0 Å². The Morgan fingerprint density at radius 2 is 2.18 bits per heavy atom. The molecule has 0 aromatic carbocycles. The summed E-state index contributed by atoms with van der Waals surface area (Å²) in [6.45, 7) is 4.20. The number of carbonyl (C=O) groups excluding carboxylic acids is 1. The van der Waals surface area contributed by atoms with Crippen molar-refractivity contribution < 1.29 is 4.79 Å². The second-order valence-electron chi connectivity index (χ2n) is 5.43. The minimum absolute atomic E-state index is 0.00550. The molecular weight excluding hydrogens is 232 g/mol. The van der Waals surface area contributed by atoms with Crippen LogP contribution in [0.3, 0.4) is 0 Å². The standard InChI is InChI=1S/C13H14N2OS/c1-13(2)5-8-10(9(16)6-13)11(14)7-3-4-17-12(7)15-8/h3-4H,5-6H2,1-2H3,(H2,14,15). The molecule has 0 spiro atoms. The largest absolute Gasteiger partial charge is 0.398 e. The summed E-state index contributed by atoms with van der Waals surface area (Å²) < 4.78 is 0. The van der Waals surface area contributed by atoms with E-state index in [1.54, 1.807) is 11.3 Å². The molecule has 0 saturated carbocycles. The number of ketones is 1. The Morgan fingerprint density at radius 1 is 1.41 bits per heavy atom. The van der Waals surface area contributed by atoms with Crippen molar-refractivity contribution in [3.63, 3.8) is 0 Å². The molecule has 2 aromatic heterocycles. The number of rotatable bonds is 0. The van der Waals surface area contributed by atoms with Crippen LogP contribution < -0.4 is 5.73 Å². The van der Waals surface area contributed by atoms with Gasteiger partial charge in [-0.1, -0.05) is 13.8 Å². The van der Waals surface area contributed by atoms with Crippen LogP contribution in [0, 0.1) is 5.41 Å². The Balaban J connectivity index is 2.32. The third-order valence-electron chi connectivity index (χ3n) is 3.29. The first kappa shape index (κ1) is 10.7. The molecule has 1 aliphatic rings. The van der Waals surface area contributed by atoms with E-state index in [-0.39, 0.29) is 11.2 Å². The second-order valence-corrected chi connectivity index (χ2v) is 6.32. The van der Waals surface area contributed by atoms with Crippen molar-refractivity contribution in [1.29, 1.82) is 0 Å². The van der Waals surface area contributed by atoms with E-state index < -0.39 is 0 Å². The fourth-order valence-electron chi connectivity index (χ4n) is 2.54. The number of nitrogens with two attached hydrogens (primary N) is 1. The average molecular weight is 246 g/mol. The molecule has 2 heterocycles. The Hall–Kier alpha value is -1.42.